The van der Waals surface area contributed by atoms with Crippen LogP contribution in [0.5, 0.6) is 0 Å². The molecule has 0 aliphatic heterocycles. The Labute approximate surface area is 112 Å². The second-order valence-corrected chi connectivity index (χ2v) is 4.96. The summed E-state index contributed by atoms with van der Waals surface area (Å²) >= 11 is 0. The van der Waals surface area contributed by atoms with Crippen molar-refractivity contribution in [1.82, 2.24) is 4.72 Å². The molecule has 0 aromatic heterocycles. The Kier molecular flexibility index (Phi) is 6.85. The van der Waals surface area contributed by atoms with Crippen molar-refractivity contribution in [2.45, 2.75) is 10.9 Å². The maximum absolute atomic E-state index is 11.8. The summed E-state index contributed by atoms with van der Waals surface area (Å²) in [5.41, 5.74) is 5.31. The minimum absolute atomic E-state index is 0. The van der Waals surface area contributed by atoms with Crippen molar-refractivity contribution in [3.63, 3.8) is 0 Å². The smallest absolute Gasteiger partial charge is 0.325 e. The molecule has 3 N–H and O–H groups in total. The molecule has 1 aromatic carbocycles. The van der Waals surface area contributed by atoms with Gasteiger partial charge in [0.05, 0.1) is 12.0 Å². The summed E-state index contributed by atoms with van der Waals surface area (Å²) in [5.74, 6) is -0.716. The van der Waals surface area contributed by atoms with Crippen LogP contribution in [0.25, 0.3) is 0 Å². The fourth-order valence-corrected chi connectivity index (χ4v) is 2.41. The average molecular weight is 295 g/mol. The van der Waals surface area contributed by atoms with Gasteiger partial charge in [-0.25, -0.2) is 8.42 Å². The molecule has 0 unspecified atom stereocenters. The summed E-state index contributed by atoms with van der Waals surface area (Å²) in [6.45, 7) is -0.168. The quantitative estimate of drug-likeness (QED) is 0.738. The number of hydrogen-bond acceptors (Lipinski definition) is 5. The van der Waals surface area contributed by atoms with E-state index >= 15 is 0 Å². The molecule has 0 amide bonds. The second kappa shape index (κ2) is 7.32. The minimum atomic E-state index is -3.76. The van der Waals surface area contributed by atoms with Crippen LogP contribution in [0.1, 0.15) is 0 Å². The highest BCUT2D eigenvalue weighted by molar-refractivity contribution is 7.89. The summed E-state index contributed by atoms with van der Waals surface area (Å²) in [4.78, 5) is 11.3. The monoisotopic (exact) mass is 294 g/mol. The fourth-order valence-electron chi connectivity index (χ4n) is 1.19. The Balaban J connectivity index is 0.00000289. The zero-order chi connectivity index (χ0) is 12.9. The number of halogens is 1. The first-order chi connectivity index (χ1) is 8.01. The van der Waals surface area contributed by atoms with Crippen molar-refractivity contribution in [3.8, 4) is 0 Å². The van der Waals surface area contributed by atoms with Crippen LogP contribution in [0.4, 0.5) is 0 Å². The number of ether oxygens (including phenoxy) is 1. The molecule has 1 aromatic rings. The van der Waals surface area contributed by atoms with Crippen molar-refractivity contribution in [2.24, 2.45) is 5.73 Å². The van der Waals surface area contributed by atoms with Crippen LogP contribution >= 0.6 is 12.4 Å². The molecule has 18 heavy (non-hydrogen) atoms. The number of esters is 1. The number of hydrogen-bond donors (Lipinski definition) is 2. The molecule has 0 spiro atoms. The first-order valence-corrected chi connectivity index (χ1v) is 6.35. The molecule has 1 rings (SSSR count). The van der Waals surface area contributed by atoms with E-state index in [1.54, 1.807) is 18.2 Å². The lowest BCUT2D eigenvalue weighted by Crippen LogP contribution is -2.46. The molecule has 102 valence electrons. The fraction of sp³-hybridized carbons (Fsp3) is 0.300. The normalized spacial score (nSPS) is 12.3. The van der Waals surface area contributed by atoms with Gasteiger partial charge in [-0.2, -0.15) is 4.72 Å². The lowest BCUT2D eigenvalue weighted by molar-refractivity contribution is -0.142. The first-order valence-electron chi connectivity index (χ1n) is 4.86. The Bertz CT molecular complexity index is 478. The van der Waals surface area contributed by atoms with Gasteiger partial charge in [0.2, 0.25) is 10.0 Å². The number of sulfonamides is 1. The van der Waals surface area contributed by atoms with E-state index in [1.807, 2.05) is 0 Å². The summed E-state index contributed by atoms with van der Waals surface area (Å²) in [6, 6.07) is 6.64. The van der Waals surface area contributed by atoms with Crippen LogP contribution in [0.15, 0.2) is 35.2 Å². The van der Waals surface area contributed by atoms with Gasteiger partial charge in [-0.3, -0.25) is 4.79 Å². The van der Waals surface area contributed by atoms with E-state index in [0.717, 1.165) is 0 Å². The predicted molar refractivity (Wildman–Crippen MR) is 68.9 cm³/mol. The number of nitrogens with two attached hydrogens (primary N) is 1. The van der Waals surface area contributed by atoms with Crippen LogP contribution < -0.4 is 10.5 Å². The van der Waals surface area contributed by atoms with Crippen molar-refractivity contribution in [2.75, 3.05) is 13.7 Å². The topological polar surface area (TPSA) is 98.5 Å². The maximum atomic E-state index is 11.8. The molecule has 0 saturated carbocycles. The molecule has 0 fully saturated rings. The number of nitrogens with one attached hydrogen (secondary N) is 1. The molecule has 1 atom stereocenters. The highest BCUT2D eigenvalue weighted by Crippen LogP contribution is 2.08. The van der Waals surface area contributed by atoms with Crippen molar-refractivity contribution in [3.05, 3.63) is 30.3 Å². The van der Waals surface area contributed by atoms with E-state index in [4.69, 9.17) is 5.73 Å². The van der Waals surface area contributed by atoms with Crippen LogP contribution in [0.3, 0.4) is 0 Å². The molecule has 0 bridgehead atoms. The third kappa shape index (κ3) is 4.26. The van der Waals surface area contributed by atoms with E-state index in [1.165, 1.54) is 19.2 Å². The van der Waals surface area contributed by atoms with Crippen LogP contribution in [0, 0.1) is 0 Å². The van der Waals surface area contributed by atoms with Gasteiger partial charge in [-0.1, -0.05) is 18.2 Å². The van der Waals surface area contributed by atoms with Gasteiger partial charge in [0.1, 0.15) is 6.04 Å². The van der Waals surface area contributed by atoms with Gasteiger partial charge in [0.25, 0.3) is 0 Å². The minimum Gasteiger partial charge on any atom is -0.468 e. The molecular weight excluding hydrogens is 280 g/mol. The molecule has 0 saturated heterocycles. The second-order valence-electron chi connectivity index (χ2n) is 3.25. The Morgan fingerprint density at radius 2 is 1.94 bits per heavy atom. The average Bonchev–Trinajstić information content (AvgIpc) is 2.36. The number of carbonyl (C=O) groups is 1. The molecule has 0 heterocycles. The molecule has 0 aliphatic rings. The number of benzene rings is 1. The van der Waals surface area contributed by atoms with E-state index in [9.17, 15) is 13.2 Å². The van der Waals surface area contributed by atoms with Crippen LogP contribution in [0.2, 0.25) is 0 Å². The van der Waals surface area contributed by atoms with Gasteiger partial charge < -0.3 is 10.5 Å². The zero-order valence-electron chi connectivity index (χ0n) is 9.70. The molecule has 0 aliphatic carbocycles. The predicted octanol–water partition coefficient (Wildman–Crippen LogP) is -0.113. The third-order valence-electron chi connectivity index (χ3n) is 2.07. The van der Waals surface area contributed by atoms with Crippen molar-refractivity contribution < 1.29 is 17.9 Å². The van der Waals surface area contributed by atoms with Crippen LogP contribution in [-0.4, -0.2) is 34.1 Å². The van der Waals surface area contributed by atoms with Gasteiger partial charge in [-0.05, 0) is 12.1 Å². The highest BCUT2D eigenvalue weighted by Gasteiger charge is 2.24. The summed E-state index contributed by atoms with van der Waals surface area (Å²) in [6.07, 6.45) is 0. The van der Waals surface area contributed by atoms with Crippen molar-refractivity contribution >= 4 is 28.4 Å². The van der Waals surface area contributed by atoms with Crippen LogP contribution in [-0.2, 0) is 19.6 Å². The van der Waals surface area contributed by atoms with Gasteiger partial charge >= 0.3 is 5.97 Å². The summed E-state index contributed by atoms with van der Waals surface area (Å²) < 4.78 is 30.3. The van der Waals surface area contributed by atoms with Gasteiger partial charge in [-0.15, -0.1) is 12.4 Å². The Hall–Kier alpha value is -1.15. The maximum Gasteiger partial charge on any atom is 0.325 e. The summed E-state index contributed by atoms with van der Waals surface area (Å²) in [7, 11) is -2.59. The number of methoxy groups -OCH3 is 1. The van der Waals surface area contributed by atoms with E-state index in [2.05, 4.69) is 9.46 Å². The van der Waals surface area contributed by atoms with Gasteiger partial charge in [0.15, 0.2) is 0 Å². The Morgan fingerprint density at radius 1 is 1.39 bits per heavy atom. The van der Waals surface area contributed by atoms with E-state index in [-0.39, 0.29) is 23.8 Å². The first kappa shape index (κ1) is 16.9. The lowest BCUT2D eigenvalue weighted by Gasteiger charge is -2.14. The third-order valence-corrected chi connectivity index (χ3v) is 3.56. The molecule has 8 heteroatoms. The molecular formula is C10H15ClN2O4S. The standard InChI is InChI=1S/C10H14N2O4S.ClH/c1-16-10(13)9(7-11)12-17(14,15)8-5-3-2-4-6-8;/h2-6,9,12H,7,11H2,1H3;1H/t9-;/m0./s1. The largest absolute Gasteiger partial charge is 0.468 e. The zero-order valence-corrected chi connectivity index (χ0v) is 11.3. The van der Waals surface area contributed by atoms with E-state index < -0.39 is 22.0 Å². The SMILES string of the molecule is COC(=O)[C@H](CN)NS(=O)(=O)c1ccccc1.Cl. The molecule has 6 nitrogen and oxygen atoms in total. The summed E-state index contributed by atoms with van der Waals surface area (Å²) in [5, 5.41) is 0. The van der Waals surface area contributed by atoms with Crippen molar-refractivity contribution in [1.29, 1.82) is 0 Å². The molecule has 0 radical (unpaired) electrons. The lowest BCUT2D eigenvalue weighted by atomic mass is 10.3. The number of rotatable bonds is 5. The number of carbonyl (C=O) groups excluding carboxylic acids is 1. The van der Waals surface area contributed by atoms with Gasteiger partial charge in [0, 0.05) is 6.54 Å². The van der Waals surface area contributed by atoms with E-state index in [0.29, 0.717) is 0 Å². The highest BCUT2D eigenvalue weighted by atomic mass is 35.5. The Morgan fingerprint density at radius 3 is 2.39 bits per heavy atom.